The van der Waals surface area contributed by atoms with Gasteiger partial charge in [0.1, 0.15) is 0 Å². The van der Waals surface area contributed by atoms with Gasteiger partial charge in [0.05, 0.1) is 6.26 Å². The Hall–Kier alpha value is -0.980. The van der Waals surface area contributed by atoms with E-state index in [2.05, 4.69) is 13.8 Å². The molecule has 0 aliphatic carbocycles. The van der Waals surface area contributed by atoms with Gasteiger partial charge in [0.15, 0.2) is 0 Å². The molecule has 12 heavy (non-hydrogen) atoms. The van der Waals surface area contributed by atoms with Gasteiger partial charge in [-0.3, -0.25) is 0 Å². The van der Waals surface area contributed by atoms with Crippen molar-refractivity contribution in [3.05, 3.63) is 36.1 Å². The fourth-order valence-electron chi connectivity index (χ4n) is 0.925. The molecule has 0 heterocycles. The van der Waals surface area contributed by atoms with Crippen LogP contribution in [0, 0.1) is 5.92 Å². The molecule has 0 rings (SSSR count). The topological polar surface area (TPSA) is 20.2 Å². The molecule has 68 valence electrons. The summed E-state index contributed by atoms with van der Waals surface area (Å²) in [6, 6.07) is 0. The third kappa shape index (κ3) is 5.78. The summed E-state index contributed by atoms with van der Waals surface area (Å²) in [5, 5.41) is 8.84. The SMILES string of the molecule is C\C=C/C=C\C(=C\O)CC(C)C. The van der Waals surface area contributed by atoms with Crippen LogP contribution >= 0.6 is 0 Å². The lowest BCUT2D eigenvalue weighted by Crippen LogP contribution is -1.88. The maximum Gasteiger partial charge on any atom is 0.0823 e. The summed E-state index contributed by atoms with van der Waals surface area (Å²) in [6.07, 6.45) is 9.87. The van der Waals surface area contributed by atoms with Gasteiger partial charge in [0, 0.05) is 0 Å². The molecule has 0 bridgehead atoms. The summed E-state index contributed by atoms with van der Waals surface area (Å²) in [6.45, 7) is 6.23. The molecule has 0 aliphatic rings. The zero-order valence-electron chi connectivity index (χ0n) is 8.12. The lowest BCUT2D eigenvalue weighted by atomic mass is 10.0. The van der Waals surface area contributed by atoms with Crippen LogP contribution in [0.25, 0.3) is 0 Å². The first kappa shape index (κ1) is 11.0. The van der Waals surface area contributed by atoms with Gasteiger partial charge < -0.3 is 5.11 Å². The Morgan fingerprint density at radius 2 is 2.00 bits per heavy atom. The van der Waals surface area contributed by atoms with E-state index in [4.69, 9.17) is 5.11 Å². The summed E-state index contributed by atoms with van der Waals surface area (Å²) in [5.41, 5.74) is 0.975. The van der Waals surface area contributed by atoms with Crippen LogP contribution in [0.5, 0.6) is 0 Å². The molecule has 0 saturated carbocycles. The third-order valence-corrected chi connectivity index (χ3v) is 1.42. The van der Waals surface area contributed by atoms with Crippen molar-refractivity contribution in [2.45, 2.75) is 27.2 Å². The van der Waals surface area contributed by atoms with E-state index in [1.165, 1.54) is 6.26 Å². The predicted octanol–water partition coefficient (Wildman–Crippen LogP) is 3.61. The fourth-order valence-corrected chi connectivity index (χ4v) is 0.925. The average Bonchev–Trinajstić information content (AvgIpc) is 2.02. The Kier molecular flexibility index (Phi) is 6.16. The van der Waals surface area contributed by atoms with E-state index < -0.39 is 0 Å². The maximum atomic E-state index is 8.84. The zero-order chi connectivity index (χ0) is 9.40. The molecule has 0 radical (unpaired) electrons. The molecule has 0 aromatic carbocycles. The molecule has 0 aromatic rings. The minimum atomic E-state index is 0.582. The quantitative estimate of drug-likeness (QED) is 0.499. The number of hydrogen-bond acceptors (Lipinski definition) is 1. The Labute approximate surface area is 75.1 Å². The number of hydrogen-bond donors (Lipinski definition) is 1. The van der Waals surface area contributed by atoms with Crippen molar-refractivity contribution >= 4 is 0 Å². The van der Waals surface area contributed by atoms with Crippen molar-refractivity contribution in [2.75, 3.05) is 0 Å². The van der Waals surface area contributed by atoms with E-state index in [0.717, 1.165) is 12.0 Å². The van der Waals surface area contributed by atoms with Gasteiger partial charge in [0.25, 0.3) is 0 Å². The first-order valence-corrected chi connectivity index (χ1v) is 4.33. The molecule has 0 spiro atoms. The lowest BCUT2D eigenvalue weighted by molar-refractivity contribution is 0.462. The van der Waals surface area contributed by atoms with Crippen molar-refractivity contribution in [1.82, 2.24) is 0 Å². The van der Waals surface area contributed by atoms with E-state index in [1.807, 2.05) is 31.2 Å². The number of rotatable bonds is 4. The molecule has 0 aromatic heterocycles. The van der Waals surface area contributed by atoms with Crippen molar-refractivity contribution in [3.63, 3.8) is 0 Å². The predicted molar refractivity (Wildman–Crippen MR) is 54.1 cm³/mol. The molecule has 0 saturated heterocycles. The minimum Gasteiger partial charge on any atom is -0.515 e. The summed E-state index contributed by atoms with van der Waals surface area (Å²) in [4.78, 5) is 0. The van der Waals surface area contributed by atoms with Crippen LogP contribution in [0.3, 0.4) is 0 Å². The lowest BCUT2D eigenvalue weighted by Gasteiger charge is -2.02. The summed E-state index contributed by atoms with van der Waals surface area (Å²) in [5.74, 6) is 0.582. The summed E-state index contributed by atoms with van der Waals surface area (Å²) < 4.78 is 0. The fraction of sp³-hybridized carbons (Fsp3) is 0.455. The zero-order valence-corrected chi connectivity index (χ0v) is 8.12. The van der Waals surface area contributed by atoms with Gasteiger partial charge >= 0.3 is 0 Å². The van der Waals surface area contributed by atoms with Gasteiger partial charge in [-0.25, -0.2) is 0 Å². The molecule has 1 heteroatoms. The van der Waals surface area contributed by atoms with Crippen LogP contribution < -0.4 is 0 Å². The highest BCUT2D eigenvalue weighted by atomic mass is 16.2. The average molecular weight is 166 g/mol. The highest BCUT2D eigenvalue weighted by Gasteiger charge is 1.96. The van der Waals surface area contributed by atoms with Crippen molar-refractivity contribution < 1.29 is 5.11 Å². The van der Waals surface area contributed by atoms with Crippen molar-refractivity contribution in [2.24, 2.45) is 5.92 Å². The molecule has 0 atom stereocenters. The van der Waals surface area contributed by atoms with E-state index in [-0.39, 0.29) is 0 Å². The molecule has 0 aliphatic heterocycles. The highest BCUT2D eigenvalue weighted by Crippen LogP contribution is 2.10. The molecule has 0 amide bonds. The second-order valence-corrected chi connectivity index (χ2v) is 3.19. The van der Waals surface area contributed by atoms with Crippen LogP contribution in [0.15, 0.2) is 36.1 Å². The molecule has 1 N–H and O–H groups in total. The molecule has 0 fully saturated rings. The molecule has 1 nitrogen and oxygen atoms in total. The maximum absolute atomic E-state index is 8.84. The van der Waals surface area contributed by atoms with Crippen LogP contribution in [0.2, 0.25) is 0 Å². The van der Waals surface area contributed by atoms with Gasteiger partial charge in [-0.15, -0.1) is 0 Å². The van der Waals surface area contributed by atoms with E-state index in [0.29, 0.717) is 5.92 Å². The summed E-state index contributed by atoms with van der Waals surface area (Å²) in [7, 11) is 0. The van der Waals surface area contributed by atoms with E-state index in [9.17, 15) is 0 Å². The molecular formula is C11H18O. The van der Waals surface area contributed by atoms with Crippen LogP contribution in [-0.2, 0) is 0 Å². The Bertz CT molecular complexity index is 185. The number of aliphatic hydroxyl groups excluding tert-OH is 1. The number of allylic oxidation sites excluding steroid dienone is 5. The first-order chi connectivity index (χ1) is 5.70. The second kappa shape index (κ2) is 6.71. The van der Waals surface area contributed by atoms with Gasteiger partial charge in [-0.05, 0) is 24.8 Å². The van der Waals surface area contributed by atoms with Crippen LogP contribution in [0.4, 0.5) is 0 Å². The van der Waals surface area contributed by atoms with E-state index >= 15 is 0 Å². The van der Waals surface area contributed by atoms with Gasteiger partial charge in [-0.2, -0.15) is 0 Å². The Morgan fingerprint density at radius 1 is 1.33 bits per heavy atom. The smallest absolute Gasteiger partial charge is 0.0823 e. The van der Waals surface area contributed by atoms with Gasteiger partial charge in [0.2, 0.25) is 0 Å². The third-order valence-electron chi connectivity index (χ3n) is 1.42. The normalized spacial score (nSPS) is 13.8. The first-order valence-electron chi connectivity index (χ1n) is 4.33. The monoisotopic (exact) mass is 166 g/mol. The standard InChI is InChI=1S/C11H18O/c1-4-5-6-7-11(9-12)8-10(2)3/h4-7,9-10,12H,8H2,1-3H3/b5-4-,7-6-,11-9-. The van der Waals surface area contributed by atoms with Crippen LogP contribution in [-0.4, -0.2) is 5.11 Å². The van der Waals surface area contributed by atoms with E-state index in [1.54, 1.807) is 0 Å². The van der Waals surface area contributed by atoms with Crippen molar-refractivity contribution in [1.29, 1.82) is 0 Å². The van der Waals surface area contributed by atoms with Crippen molar-refractivity contribution in [3.8, 4) is 0 Å². The largest absolute Gasteiger partial charge is 0.515 e. The van der Waals surface area contributed by atoms with Crippen LogP contribution in [0.1, 0.15) is 27.2 Å². The molecular weight excluding hydrogens is 148 g/mol. The Morgan fingerprint density at radius 3 is 2.42 bits per heavy atom. The number of aliphatic hydroxyl groups is 1. The highest BCUT2D eigenvalue weighted by molar-refractivity contribution is 5.20. The second-order valence-electron chi connectivity index (χ2n) is 3.19. The van der Waals surface area contributed by atoms with Gasteiger partial charge in [-0.1, -0.05) is 38.2 Å². The minimum absolute atomic E-state index is 0.582. The molecule has 0 unspecified atom stereocenters. The Balaban J connectivity index is 4.01. The summed E-state index contributed by atoms with van der Waals surface area (Å²) >= 11 is 0.